The van der Waals surface area contributed by atoms with E-state index in [0.29, 0.717) is 26.1 Å². The number of sulfonamides is 1. The van der Waals surface area contributed by atoms with Crippen LogP contribution in [-0.2, 0) is 32.7 Å². The Balaban J connectivity index is 1.59. The van der Waals surface area contributed by atoms with E-state index >= 15 is 0 Å². The van der Waals surface area contributed by atoms with Gasteiger partial charge in [-0.3, -0.25) is 9.59 Å². The van der Waals surface area contributed by atoms with Crippen LogP contribution in [-0.4, -0.2) is 44.3 Å². The second-order valence-corrected chi connectivity index (χ2v) is 9.82. The summed E-state index contributed by atoms with van der Waals surface area (Å²) in [6, 6.07) is 8.06. The minimum atomic E-state index is -4.42. The third-order valence-corrected chi connectivity index (χ3v) is 7.63. The van der Waals surface area contributed by atoms with Crippen molar-refractivity contribution >= 4 is 39.1 Å². The van der Waals surface area contributed by atoms with Crippen LogP contribution in [0.15, 0.2) is 41.3 Å². The Bertz CT molecular complexity index is 1170. The Hall–Kier alpha value is -2.53. The van der Waals surface area contributed by atoms with Crippen molar-refractivity contribution in [2.75, 3.05) is 18.0 Å². The third-order valence-electron chi connectivity index (χ3n) is 5.62. The predicted octanol–water partition coefficient (Wildman–Crippen LogP) is 1.75. The number of anilines is 1. The minimum absolute atomic E-state index is 0.0137. The summed E-state index contributed by atoms with van der Waals surface area (Å²) in [7, 11) is -4.42. The topological polar surface area (TPSA) is 113 Å². The van der Waals surface area contributed by atoms with Crippen LogP contribution in [0.25, 0.3) is 0 Å². The minimum Gasteiger partial charge on any atom is -0.333 e. The lowest BCUT2D eigenvalue weighted by Gasteiger charge is -2.24. The Labute approximate surface area is 190 Å². The van der Waals surface area contributed by atoms with Gasteiger partial charge < -0.3 is 15.5 Å². The molecule has 0 saturated carbocycles. The lowest BCUT2D eigenvalue weighted by Crippen LogP contribution is -2.50. The quantitative estimate of drug-likeness (QED) is 0.654. The maximum Gasteiger partial charge on any atom is 0.243 e. The number of benzene rings is 2. The Kier molecular flexibility index (Phi) is 6.22. The zero-order chi connectivity index (χ0) is 23.0. The fraction of sp³-hybridized carbons (Fsp3) is 0.333. The summed E-state index contributed by atoms with van der Waals surface area (Å²) < 4.78 is 42.7. The lowest BCUT2D eigenvalue weighted by atomic mass is 10.1. The van der Waals surface area contributed by atoms with Crippen LogP contribution in [0.2, 0.25) is 5.02 Å². The highest BCUT2D eigenvalue weighted by atomic mass is 35.5. The predicted molar refractivity (Wildman–Crippen MR) is 117 cm³/mol. The van der Waals surface area contributed by atoms with Crippen molar-refractivity contribution in [3.8, 4) is 0 Å². The molecular formula is C21H22ClFN4O4S. The van der Waals surface area contributed by atoms with E-state index in [1.165, 1.54) is 9.80 Å². The number of rotatable bonds is 6. The van der Waals surface area contributed by atoms with E-state index < -0.39 is 32.7 Å². The standard InChI is InChI=1S/C21H22ClFN4O4S/c22-20-17(27-7-3-6-19(27)28)8-15(23)9-18(20)32(30,31)25-16(10-24)21(29)26-11-13-4-1-2-5-14(13)12-26/h1-2,4-5,8-9,16,25H,3,6-7,10-12,24H2/t16-/m0/s1. The average Bonchev–Trinajstić information content (AvgIpc) is 3.38. The van der Waals surface area contributed by atoms with Crippen LogP contribution < -0.4 is 15.4 Å². The molecule has 11 heteroatoms. The van der Waals surface area contributed by atoms with Gasteiger partial charge in [-0.2, -0.15) is 4.72 Å². The van der Waals surface area contributed by atoms with E-state index in [9.17, 15) is 22.4 Å². The molecule has 0 bridgehead atoms. The van der Waals surface area contributed by atoms with Crippen molar-refractivity contribution in [1.29, 1.82) is 0 Å². The van der Waals surface area contributed by atoms with E-state index in [1.54, 1.807) is 0 Å². The van der Waals surface area contributed by atoms with Gasteiger partial charge in [-0.05, 0) is 29.7 Å². The number of hydrogen-bond donors (Lipinski definition) is 2. The third kappa shape index (κ3) is 4.23. The first kappa shape index (κ1) is 22.7. The smallest absolute Gasteiger partial charge is 0.243 e. The molecule has 170 valence electrons. The number of nitrogens with zero attached hydrogens (tertiary/aromatic N) is 2. The zero-order valence-electron chi connectivity index (χ0n) is 17.1. The SMILES string of the molecule is NC[C@H](NS(=O)(=O)c1cc(F)cc(N2CCCC2=O)c1Cl)C(=O)N1Cc2ccccc2C1. The van der Waals surface area contributed by atoms with Crippen molar-refractivity contribution in [3.63, 3.8) is 0 Å². The average molecular weight is 481 g/mol. The maximum atomic E-state index is 14.3. The molecule has 3 N–H and O–H groups in total. The van der Waals surface area contributed by atoms with E-state index in [4.69, 9.17) is 17.3 Å². The fourth-order valence-electron chi connectivity index (χ4n) is 4.00. The molecule has 0 radical (unpaired) electrons. The van der Waals surface area contributed by atoms with Gasteiger partial charge in [0.05, 0.1) is 10.7 Å². The molecule has 0 unspecified atom stereocenters. The molecule has 1 atom stereocenters. The van der Waals surface area contributed by atoms with Crippen LogP contribution in [0.3, 0.4) is 0 Å². The molecule has 2 aliphatic rings. The van der Waals surface area contributed by atoms with Gasteiger partial charge in [0, 0.05) is 32.6 Å². The van der Waals surface area contributed by atoms with Crippen LogP contribution in [0.1, 0.15) is 24.0 Å². The number of nitrogens with one attached hydrogen (secondary N) is 1. The number of carbonyl (C=O) groups is 2. The van der Waals surface area contributed by atoms with Crippen molar-refractivity contribution in [2.24, 2.45) is 5.73 Å². The Morgan fingerprint density at radius 1 is 1.22 bits per heavy atom. The molecule has 2 aliphatic heterocycles. The van der Waals surface area contributed by atoms with Gasteiger partial charge in [0.25, 0.3) is 0 Å². The monoisotopic (exact) mass is 480 g/mol. The van der Waals surface area contributed by atoms with Crippen molar-refractivity contribution < 1.29 is 22.4 Å². The largest absolute Gasteiger partial charge is 0.333 e. The molecule has 2 aromatic carbocycles. The van der Waals surface area contributed by atoms with Gasteiger partial charge in [-0.15, -0.1) is 0 Å². The molecule has 1 fully saturated rings. The Morgan fingerprint density at radius 3 is 2.44 bits per heavy atom. The summed E-state index contributed by atoms with van der Waals surface area (Å²) in [4.78, 5) is 27.3. The van der Waals surface area contributed by atoms with E-state index in [0.717, 1.165) is 23.3 Å². The van der Waals surface area contributed by atoms with Crippen LogP contribution in [0, 0.1) is 5.82 Å². The Morgan fingerprint density at radius 2 is 1.88 bits per heavy atom. The summed E-state index contributed by atoms with van der Waals surface area (Å²) in [5.41, 5.74) is 7.66. The molecule has 1 saturated heterocycles. The highest BCUT2D eigenvalue weighted by Gasteiger charge is 2.34. The molecular weight excluding hydrogens is 459 g/mol. The van der Waals surface area contributed by atoms with E-state index in [1.807, 2.05) is 24.3 Å². The number of fused-ring (bicyclic) bond motifs is 1. The van der Waals surface area contributed by atoms with Gasteiger partial charge in [0.2, 0.25) is 21.8 Å². The van der Waals surface area contributed by atoms with Crippen molar-refractivity contribution in [1.82, 2.24) is 9.62 Å². The normalized spacial score (nSPS) is 17.0. The number of carbonyl (C=O) groups excluding carboxylic acids is 2. The number of nitrogens with two attached hydrogens (primary N) is 1. The highest BCUT2D eigenvalue weighted by molar-refractivity contribution is 7.89. The summed E-state index contributed by atoms with van der Waals surface area (Å²) in [5, 5.41) is -0.286. The van der Waals surface area contributed by atoms with Gasteiger partial charge in [0.1, 0.15) is 16.8 Å². The first-order valence-corrected chi connectivity index (χ1v) is 11.9. The van der Waals surface area contributed by atoms with E-state index in [-0.39, 0.29) is 29.6 Å². The summed E-state index contributed by atoms with van der Waals surface area (Å²) in [5.74, 6) is -1.62. The van der Waals surface area contributed by atoms with Gasteiger partial charge in [-0.25, -0.2) is 12.8 Å². The number of halogens is 2. The van der Waals surface area contributed by atoms with Gasteiger partial charge in [-0.1, -0.05) is 35.9 Å². The second kappa shape index (κ2) is 8.78. The van der Waals surface area contributed by atoms with Gasteiger partial charge in [0.15, 0.2) is 0 Å². The van der Waals surface area contributed by atoms with Crippen LogP contribution in [0.5, 0.6) is 0 Å². The van der Waals surface area contributed by atoms with Gasteiger partial charge >= 0.3 is 0 Å². The molecule has 8 nitrogen and oxygen atoms in total. The maximum absolute atomic E-state index is 14.3. The van der Waals surface area contributed by atoms with Crippen LogP contribution >= 0.6 is 11.6 Å². The molecule has 2 heterocycles. The molecule has 0 aromatic heterocycles. The molecule has 0 aliphatic carbocycles. The lowest BCUT2D eigenvalue weighted by molar-refractivity contribution is -0.133. The van der Waals surface area contributed by atoms with Crippen LogP contribution in [0.4, 0.5) is 10.1 Å². The first-order chi connectivity index (χ1) is 15.2. The fourth-order valence-corrected chi connectivity index (χ4v) is 5.83. The van der Waals surface area contributed by atoms with E-state index in [2.05, 4.69) is 4.72 Å². The number of amides is 2. The highest BCUT2D eigenvalue weighted by Crippen LogP contribution is 2.35. The molecule has 2 aromatic rings. The molecule has 2 amide bonds. The summed E-state index contributed by atoms with van der Waals surface area (Å²) >= 11 is 6.30. The second-order valence-electron chi connectivity index (χ2n) is 7.76. The number of hydrogen-bond acceptors (Lipinski definition) is 5. The molecule has 0 spiro atoms. The molecule has 4 rings (SSSR count). The summed E-state index contributed by atoms with van der Waals surface area (Å²) in [6.45, 7) is 0.702. The first-order valence-electron chi connectivity index (χ1n) is 10.1. The zero-order valence-corrected chi connectivity index (χ0v) is 18.6. The van der Waals surface area contributed by atoms with Crippen molar-refractivity contribution in [3.05, 3.63) is 58.4 Å². The molecule has 32 heavy (non-hydrogen) atoms. The summed E-state index contributed by atoms with van der Waals surface area (Å²) in [6.07, 6.45) is 0.836. The van der Waals surface area contributed by atoms with Crippen molar-refractivity contribution in [2.45, 2.75) is 36.9 Å².